The first-order valence-corrected chi connectivity index (χ1v) is 14.1. The second kappa shape index (κ2) is 9.12. The summed E-state index contributed by atoms with van der Waals surface area (Å²) in [6, 6.07) is 12.7. The number of allylic oxidation sites excluding steroid dienone is 4. The van der Waals surface area contributed by atoms with Crippen LogP contribution in [0.25, 0.3) is 0 Å². The van der Waals surface area contributed by atoms with Crippen LogP contribution < -0.4 is 8.92 Å². The van der Waals surface area contributed by atoms with Crippen molar-refractivity contribution in [2.75, 3.05) is 7.11 Å². The van der Waals surface area contributed by atoms with Crippen molar-refractivity contribution in [3.05, 3.63) is 76.8 Å². The van der Waals surface area contributed by atoms with E-state index >= 15 is 0 Å². The quantitative estimate of drug-likeness (QED) is 0.442. The highest BCUT2D eigenvalue weighted by Crippen LogP contribution is 2.53. The summed E-state index contributed by atoms with van der Waals surface area (Å²) in [4.78, 5) is 27.0. The van der Waals surface area contributed by atoms with Crippen molar-refractivity contribution in [3.8, 4) is 11.5 Å². The number of methoxy groups -OCH3 is 1. The Bertz CT molecular complexity index is 1440. The lowest BCUT2D eigenvalue weighted by Gasteiger charge is -2.42. The maximum Gasteiger partial charge on any atom is 0.339 e. The molecule has 0 radical (unpaired) electrons. The van der Waals surface area contributed by atoms with Gasteiger partial charge in [-0.15, -0.1) is 0 Å². The van der Waals surface area contributed by atoms with E-state index in [4.69, 9.17) is 13.7 Å². The van der Waals surface area contributed by atoms with Crippen molar-refractivity contribution in [1.82, 2.24) is 0 Å². The normalized spacial score (nSPS) is 21.0. The number of ether oxygens (including phenoxy) is 2. The van der Waals surface area contributed by atoms with Crippen molar-refractivity contribution in [2.45, 2.75) is 64.2 Å². The smallest absolute Gasteiger partial charge is 0.339 e. The molecular formula is C30H32O7S. The van der Waals surface area contributed by atoms with Crippen LogP contribution in [0.3, 0.4) is 0 Å². The molecule has 1 aliphatic heterocycles. The molecule has 0 bridgehead atoms. The molecule has 1 heterocycles. The van der Waals surface area contributed by atoms with E-state index in [0.717, 1.165) is 0 Å². The van der Waals surface area contributed by atoms with Gasteiger partial charge in [-0.3, -0.25) is 9.59 Å². The van der Waals surface area contributed by atoms with E-state index in [1.165, 1.54) is 25.3 Å². The summed E-state index contributed by atoms with van der Waals surface area (Å²) in [5, 5.41) is 0. The molecule has 0 fully saturated rings. The van der Waals surface area contributed by atoms with Gasteiger partial charge in [0.25, 0.3) is 0 Å². The second-order valence-corrected chi connectivity index (χ2v) is 13.4. The summed E-state index contributed by atoms with van der Waals surface area (Å²) in [5.41, 5.74) is 1.14. The van der Waals surface area contributed by atoms with E-state index in [2.05, 4.69) is 0 Å². The number of carbonyl (C=O) groups excluding carboxylic acids is 2. The fourth-order valence-electron chi connectivity index (χ4n) is 5.69. The van der Waals surface area contributed by atoms with Gasteiger partial charge < -0.3 is 13.7 Å². The van der Waals surface area contributed by atoms with Crippen LogP contribution in [-0.2, 0) is 24.4 Å². The first-order valence-electron chi connectivity index (χ1n) is 12.7. The van der Waals surface area contributed by atoms with Gasteiger partial charge in [0.2, 0.25) is 0 Å². The Morgan fingerprint density at radius 1 is 0.789 bits per heavy atom. The summed E-state index contributed by atoms with van der Waals surface area (Å²) >= 11 is 0. The van der Waals surface area contributed by atoms with Crippen LogP contribution in [0.1, 0.15) is 64.9 Å². The van der Waals surface area contributed by atoms with Gasteiger partial charge >= 0.3 is 10.1 Å². The molecule has 3 aliphatic rings. The summed E-state index contributed by atoms with van der Waals surface area (Å²) in [6.07, 6.45) is 1.87. The van der Waals surface area contributed by atoms with Crippen molar-refractivity contribution < 1.29 is 31.7 Å². The molecule has 0 saturated carbocycles. The van der Waals surface area contributed by atoms with Crippen molar-refractivity contribution in [3.63, 3.8) is 0 Å². The largest absolute Gasteiger partial charge is 0.493 e. The first-order chi connectivity index (χ1) is 17.8. The highest BCUT2D eigenvalue weighted by Gasteiger charge is 2.48. The number of hydrogen-bond donors (Lipinski definition) is 0. The number of ketones is 2. The topological polar surface area (TPSA) is 96.0 Å². The van der Waals surface area contributed by atoms with E-state index in [1.54, 1.807) is 30.3 Å². The minimum Gasteiger partial charge on any atom is -0.493 e. The summed E-state index contributed by atoms with van der Waals surface area (Å²) < 4.78 is 43.0. The Morgan fingerprint density at radius 2 is 1.34 bits per heavy atom. The molecule has 7 nitrogen and oxygen atoms in total. The number of benzene rings is 2. The van der Waals surface area contributed by atoms with Crippen LogP contribution in [-0.4, -0.2) is 27.1 Å². The number of carbonyl (C=O) groups is 2. The predicted molar refractivity (Wildman–Crippen MR) is 141 cm³/mol. The summed E-state index contributed by atoms with van der Waals surface area (Å²) in [5.74, 6) is 0.730. The molecule has 2 aromatic rings. The molecule has 0 amide bonds. The lowest BCUT2D eigenvalue weighted by atomic mass is 9.65. The third-order valence-electron chi connectivity index (χ3n) is 7.33. The molecule has 0 saturated heterocycles. The summed E-state index contributed by atoms with van der Waals surface area (Å²) in [7, 11) is -2.67. The molecule has 200 valence electrons. The maximum absolute atomic E-state index is 13.5. The molecule has 0 atom stereocenters. The van der Waals surface area contributed by atoms with Gasteiger partial charge in [0.1, 0.15) is 16.4 Å². The molecule has 2 aliphatic carbocycles. The van der Waals surface area contributed by atoms with Gasteiger partial charge in [-0.2, -0.15) is 8.42 Å². The SMILES string of the molecule is COc1cc(C2C3=C(CC(C)(C)CC3=O)OC3=C2C(=O)CC(C)(C)C3)ccc1OS(=O)(=O)c1ccccc1. The number of Topliss-reactive ketones (excluding diaryl/α,β-unsaturated/α-hetero) is 2. The van der Waals surface area contributed by atoms with Gasteiger partial charge in [0.15, 0.2) is 23.1 Å². The Morgan fingerprint density at radius 3 is 1.87 bits per heavy atom. The molecule has 0 aromatic heterocycles. The molecule has 0 spiro atoms. The van der Waals surface area contributed by atoms with E-state index in [0.29, 0.717) is 53.9 Å². The third kappa shape index (κ3) is 4.77. The van der Waals surface area contributed by atoms with Crippen LogP contribution in [0.4, 0.5) is 0 Å². The fraction of sp³-hybridized carbons (Fsp3) is 0.400. The average Bonchev–Trinajstić information content (AvgIpc) is 2.82. The fourth-order valence-corrected chi connectivity index (χ4v) is 6.65. The minimum absolute atomic E-state index is 0.0165. The van der Waals surface area contributed by atoms with E-state index in [9.17, 15) is 18.0 Å². The van der Waals surface area contributed by atoms with Gasteiger partial charge in [-0.25, -0.2) is 0 Å². The lowest BCUT2D eigenvalue weighted by molar-refractivity contribution is -0.120. The molecule has 0 unspecified atom stereocenters. The highest BCUT2D eigenvalue weighted by molar-refractivity contribution is 7.87. The van der Waals surface area contributed by atoms with Gasteiger partial charge in [-0.05, 0) is 40.7 Å². The van der Waals surface area contributed by atoms with Crippen molar-refractivity contribution in [1.29, 1.82) is 0 Å². The maximum atomic E-state index is 13.5. The predicted octanol–water partition coefficient (Wildman–Crippen LogP) is 5.86. The van der Waals surface area contributed by atoms with Crippen molar-refractivity contribution >= 4 is 21.7 Å². The van der Waals surface area contributed by atoms with E-state index in [-0.39, 0.29) is 38.8 Å². The highest BCUT2D eigenvalue weighted by atomic mass is 32.2. The molecule has 8 heteroatoms. The minimum atomic E-state index is -4.09. The Kier molecular flexibility index (Phi) is 6.29. The standard InChI is InChI=1S/C30H32O7S/c1-29(2)14-20(31)27-24(16-29)36-25-17-30(3,4)15-21(32)28(25)26(27)18-11-12-22(23(13-18)35-5)37-38(33,34)19-9-7-6-8-10-19/h6-13,26H,14-17H2,1-5H3. The lowest BCUT2D eigenvalue weighted by Crippen LogP contribution is -2.37. The zero-order valence-corrected chi connectivity index (χ0v) is 23.1. The monoisotopic (exact) mass is 536 g/mol. The van der Waals surface area contributed by atoms with Crippen LogP contribution in [0, 0.1) is 10.8 Å². The Labute approximate surface area is 223 Å². The molecule has 2 aromatic carbocycles. The van der Waals surface area contributed by atoms with Gasteiger partial charge in [0.05, 0.1) is 7.11 Å². The Hall–Kier alpha value is -3.39. The van der Waals surface area contributed by atoms with Gasteiger partial charge in [0, 0.05) is 42.7 Å². The van der Waals surface area contributed by atoms with Crippen LogP contribution in [0.2, 0.25) is 0 Å². The molecule has 38 heavy (non-hydrogen) atoms. The zero-order chi connectivity index (χ0) is 27.5. The van der Waals surface area contributed by atoms with Crippen LogP contribution in [0.15, 0.2) is 76.1 Å². The Balaban J connectivity index is 1.61. The van der Waals surface area contributed by atoms with Crippen LogP contribution in [0.5, 0.6) is 11.5 Å². The van der Waals surface area contributed by atoms with Gasteiger partial charge in [-0.1, -0.05) is 52.0 Å². The van der Waals surface area contributed by atoms with Crippen LogP contribution >= 0.6 is 0 Å². The van der Waals surface area contributed by atoms with Crippen molar-refractivity contribution in [2.24, 2.45) is 10.8 Å². The second-order valence-electron chi connectivity index (χ2n) is 11.9. The number of hydrogen-bond acceptors (Lipinski definition) is 7. The number of rotatable bonds is 5. The third-order valence-corrected chi connectivity index (χ3v) is 8.58. The summed E-state index contributed by atoms with van der Waals surface area (Å²) in [6.45, 7) is 8.15. The average molecular weight is 537 g/mol. The zero-order valence-electron chi connectivity index (χ0n) is 22.3. The molecule has 0 N–H and O–H groups in total. The first kappa shape index (κ1) is 26.2. The molecule has 5 rings (SSSR count). The van der Waals surface area contributed by atoms with E-state index < -0.39 is 16.0 Å². The molecular weight excluding hydrogens is 504 g/mol. The van der Waals surface area contributed by atoms with E-state index in [1.807, 2.05) is 27.7 Å².